The summed E-state index contributed by atoms with van der Waals surface area (Å²) in [5.74, 6) is 0.708. The Morgan fingerprint density at radius 1 is 1.33 bits per heavy atom. The highest BCUT2D eigenvalue weighted by Gasteiger charge is 2.03. The van der Waals surface area contributed by atoms with Crippen LogP contribution in [0.25, 0.3) is 11.4 Å². The third-order valence-electron chi connectivity index (χ3n) is 2.46. The van der Waals surface area contributed by atoms with Crippen molar-refractivity contribution < 1.29 is 4.79 Å². The zero-order valence-corrected chi connectivity index (χ0v) is 10.1. The van der Waals surface area contributed by atoms with Crippen molar-refractivity contribution in [3.8, 4) is 11.4 Å². The first-order valence-corrected chi connectivity index (χ1v) is 5.70. The summed E-state index contributed by atoms with van der Waals surface area (Å²) < 4.78 is 0. The number of amides is 1. The molecule has 0 aliphatic carbocycles. The highest BCUT2D eigenvalue weighted by molar-refractivity contribution is 5.91. The molecule has 94 valence electrons. The highest BCUT2D eigenvalue weighted by Crippen LogP contribution is 2.17. The van der Waals surface area contributed by atoms with Crippen LogP contribution in [0.1, 0.15) is 6.42 Å². The molecule has 1 aromatic heterocycles. The molecule has 2 rings (SSSR count). The molecule has 0 spiro atoms. The third kappa shape index (κ3) is 3.14. The number of rotatable bonds is 5. The van der Waals surface area contributed by atoms with E-state index < -0.39 is 0 Å². The van der Waals surface area contributed by atoms with Crippen molar-refractivity contribution in [1.29, 1.82) is 0 Å². The fraction of sp³-hybridized carbons (Fsp3) is 0.250. The second kappa shape index (κ2) is 5.92. The van der Waals surface area contributed by atoms with Gasteiger partial charge in [0, 0.05) is 24.2 Å². The number of H-pyrrole nitrogens is 1. The lowest BCUT2D eigenvalue weighted by Crippen LogP contribution is -2.18. The summed E-state index contributed by atoms with van der Waals surface area (Å²) in [5, 5.41) is 12.3. The van der Waals surface area contributed by atoms with Crippen LogP contribution in [0.15, 0.2) is 30.6 Å². The van der Waals surface area contributed by atoms with E-state index in [1.165, 1.54) is 6.33 Å². The van der Waals surface area contributed by atoms with E-state index in [1.54, 1.807) is 0 Å². The topological polar surface area (TPSA) is 82.7 Å². The lowest BCUT2D eigenvalue weighted by atomic mass is 10.2. The van der Waals surface area contributed by atoms with E-state index in [2.05, 4.69) is 25.8 Å². The van der Waals surface area contributed by atoms with Crippen molar-refractivity contribution in [2.75, 3.05) is 18.9 Å². The van der Waals surface area contributed by atoms with Gasteiger partial charge in [-0.3, -0.25) is 9.89 Å². The Kier molecular flexibility index (Phi) is 4.03. The number of carbonyl (C=O) groups excluding carboxylic acids is 1. The predicted octanol–water partition coefficient (Wildman–Crippen LogP) is 1.02. The standard InChI is InChI=1S/C12H15N5O/c1-13-7-6-11(18)16-10-4-2-9(3-5-10)12-14-8-15-17-12/h2-5,8,13H,6-7H2,1H3,(H,16,18)(H,14,15,17). The van der Waals surface area contributed by atoms with E-state index in [4.69, 9.17) is 0 Å². The van der Waals surface area contributed by atoms with Gasteiger partial charge in [-0.05, 0) is 31.3 Å². The molecule has 0 bridgehead atoms. The van der Waals surface area contributed by atoms with Crippen LogP contribution in [0.2, 0.25) is 0 Å². The number of benzene rings is 1. The smallest absolute Gasteiger partial charge is 0.225 e. The van der Waals surface area contributed by atoms with Crippen molar-refractivity contribution in [2.24, 2.45) is 0 Å². The molecule has 0 aliphatic rings. The summed E-state index contributed by atoms with van der Waals surface area (Å²) in [4.78, 5) is 15.6. The predicted molar refractivity (Wildman–Crippen MR) is 69.0 cm³/mol. The van der Waals surface area contributed by atoms with E-state index in [9.17, 15) is 4.79 Å². The van der Waals surface area contributed by atoms with Gasteiger partial charge in [-0.25, -0.2) is 4.98 Å². The summed E-state index contributed by atoms with van der Waals surface area (Å²) in [5.41, 5.74) is 1.71. The Morgan fingerprint density at radius 3 is 2.72 bits per heavy atom. The van der Waals surface area contributed by atoms with Crippen molar-refractivity contribution in [1.82, 2.24) is 20.5 Å². The number of anilines is 1. The molecule has 0 unspecified atom stereocenters. The molecule has 6 nitrogen and oxygen atoms in total. The Hall–Kier alpha value is -2.21. The zero-order chi connectivity index (χ0) is 12.8. The number of carbonyl (C=O) groups is 1. The van der Waals surface area contributed by atoms with Crippen LogP contribution in [-0.4, -0.2) is 34.7 Å². The Labute approximate surface area is 105 Å². The molecule has 3 N–H and O–H groups in total. The minimum atomic E-state index is -0.00300. The zero-order valence-electron chi connectivity index (χ0n) is 10.1. The molecule has 1 aromatic carbocycles. The first-order valence-electron chi connectivity index (χ1n) is 5.70. The van der Waals surface area contributed by atoms with Gasteiger partial charge in [0.15, 0.2) is 5.82 Å². The normalized spacial score (nSPS) is 10.3. The fourth-order valence-electron chi connectivity index (χ4n) is 1.52. The maximum absolute atomic E-state index is 11.5. The second-order valence-electron chi connectivity index (χ2n) is 3.81. The molecule has 6 heteroatoms. The summed E-state index contributed by atoms with van der Waals surface area (Å²) in [6, 6.07) is 7.45. The average Bonchev–Trinajstić information content (AvgIpc) is 2.91. The van der Waals surface area contributed by atoms with Crippen LogP contribution in [0.3, 0.4) is 0 Å². The van der Waals surface area contributed by atoms with Gasteiger partial charge >= 0.3 is 0 Å². The quantitative estimate of drug-likeness (QED) is 0.734. The van der Waals surface area contributed by atoms with Crippen molar-refractivity contribution in [3.05, 3.63) is 30.6 Å². The summed E-state index contributed by atoms with van der Waals surface area (Å²) >= 11 is 0. The van der Waals surface area contributed by atoms with Crippen LogP contribution in [-0.2, 0) is 4.79 Å². The summed E-state index contributed by atoms with van der Waals surface area (Å²) in [6.07, 6.45) is 1.92. The molecule has 2 aromatic rings. The molecule has 1 heterocycles. The molecule has 18 heavy (non-hydrogen) atoms. The SMILES string of the molecule is CNCCC(=O)Nc1ccc(-c2ncn[nH]2)cc1. The number of nitrogens with one attached hydrogen (secondary N) is 3. The minimum Gasteiger partial charge on any atom is -0.326 e. The van der Waals surface area contributed by atoms with Crippen molar-refractivity contribution in [2.45, 2.75) is 6.42 Å². The molecule has 0 saturated carbocycles. The minimum absolute atomic E-state index is 0.00300. The van der Waals surface area contributed by atoms with E-state index in [0.717, 1.165) is 11.3 Å². The Morgan fingerprint density at radius 2 is 2.11 bits per heavy atom. The molecular weight excluding hydrogens is 230 g/mol. The van der Waals surface area contributed by atoms with Gasteiger partial charge in [-0.15, -0.1) is 0 Å². The molecule has 0 fully saturated rings. The summed E-state index contributed by atoms with van der Waals surface area (Å²) in [6.45, 7) is 0.669. The molecule has 0 aliphatic heterocycles. The van der Waals surface area contributed by atoms with Crippen LogP contribution in [0, 0.1) is 0 Å². The maximum Gasteiger partial charge on any atom is 0.225 e. The van der Waals surface area contributed by atoms with Gasteiger partial charge in [-0.2, -0.15) is 5.10 Å². The highest BCUT2D eigenvalue weighted by atomic mass is 16.1. The lowest BCUT2D eigenvalue weighted by Gasteiger charge is -2.05. The number of hydrogen-bond donors (Lipinski definition) is 3. The van der Waals surface area contributed by atoms with E-state index in [-0.39, 0.29) is 5.91 Å². The van der Waals surface area contributed by atoms with Crippen LogP contribution >= 0.6 is 0 Å². The molecule has 0 atom stereocenters. The second-order valence-corrected chi connectivity index (χ2v) is 3.81. The number of hydrogen-bond acceptors (Lipinski definition) is 4. The van der Waals surface area contributed by atoms with E-state index in [0.29, 0.717) is 18.8 Å². The maximum atomic E-state index is 11.5. The number of aromatic amines is 1. The molecule has 0 radical (unpaired) electrons. The van der Waals surface area contributed by atoms with E-state index in [1.807, 2.05) is 31.3 Å². The molecule has 1 amide bonds. The summed E-state index contributed by atoms with van der Waals surface area (Å²) in [7, 11) is 1.82. The van der Waals surface area contributed by atoms with Gasteiger partial charge in [0.25, 0.3) is 0 Å². The Balaban J connectivity index is 1.98. The van der Waals surface area contributed by atoms with Crippen LogP contribution in [0.5, 0.6) is 0 Å². The number of nitrogens with zero attached hydrogens (tertiary/aromatic N) is 2. The van der Waals surface area contributed by atoms with Crippen LogP contribution < -0.4 is 10.6 Å². The van der Waals surface area contributed by atoms with Gasteiger partial charge in [0.05, 0.1) is 0 Å². The third-order valence-corrected chi connectivity index (χ3v) is 2.46. The largest absolute Gasteiger partial charge is 0.326 e. The van der Waals surface area contributed by atoms with E-state index >= 15 is 0 Å². The van der Waals surface area contributed by atoms with Crippen molar-refractivity contribution in [3.63, 3.8) is 0 Å². The Bertz CT molecular complexity index is 492. The van der Waals surface area contributed by atoms with Gasteiger partial charge in [0.2, 0.25) is 5.91 Å². The molecule has 0 saturated heterocycles. The fourth-order valence-corrected chi connectivity index (χ4v) is 1.52. The van der Waals surface area contributed by atoms with Crippen LogP contribution in [0.4, 0.5) is 5.69 Å². The average molecular weight is 245 g/mol. The lowest BCUT2D eigenvalue weighted by molar-refractivity contribution is -0.116. The first-order chi connectivity index (χ1) is 8.79. The molecular formula is C12H15N5O. The first kappa shape index (κ1) is 12.3. The number of aromatic nitrogens is 3. The van der Waals surface area contributed by atoms with Gasteiger partial charge < -0.3 is 10.6 Å². The van der Waals surface area contributed by atoms with Crippen molar-refractivity contribution >= 4 is 11.6 Å². The monoisotopic (exact) mass is 245 g/mol. The van der Waals surface area contributed by atoms with Gasteiger partial charge in [-0.1, -0.05) is 0 Å². The van der Waals surface area contributed by atoms with Gasteiger partial charge in [0.1, 0.15) is 6.33 Å².